The number of hydrogen-bond acceptors (Lipinski definition) is 6. The normalized spacial score (nSPS) is 10.2. The molecule has 0 aliphatic rings. The van der Waals surface area contributed by atoms with E-state index >= 15 is 0 Å². The molecule has 7 N–H and O–H groups in total. The highest BCUT2D eigenvalue weighted by atomic mass is 32.3. The molecule has 0 aromatic carbocycles. The molecule has 0 fully saturated rings. The lowest BCUT2D eigenvalue weighted by molar-refractivity contribution is 0.381. The molecular weight excluding hydrogens is 190 g/mol. The van der Waals surface area contributed by atoms with Crippen molar-refractivity contribution in [3.05, 3.63) is 0 Å². The molecule has 1 rings (SSSR count). The van der Waals surface area contributed by atoms with E-state index < -0.39 is 10.4 Å². The topological polar surface area (TPSA) is 168 Å². The van der Waals surface area contributed by atoms with Crippen LogP contribution in [0.2, 0.25) is 0 Å². The van der Waals surface area contributed by atoms with Crippen molar-refractivity contribution < 1.29 is 17.5 Å². The number of aromatic amines is 1. The highest BCUT2D eigenvalue weighted by Gasteiger charge is 1.87. The van der Waals surface area contributed by atoms with E-state index in [1.165, 1.54) is 0 Å². The SMILES string of the molecule is Nc1n[nH]c(N)n1.O=S(=O)(O)O. The number of nitrogens with one attached hydrogen (secondary N) is 1. The fraction of sp³-hybridized carbons (Fsp3) is 0. The van der Waals surface area contributed by atoms with Crippen molar-refractivity contribution >= 4 is 22.3 Å². The third kappa shape index (κ3) is 8.61. The zero-order valence-electron chi connectivity index (χ0n) is 5.67. The highest BCUT2D eigenvalue weighted by molar-refractivity contribution is 7.79. The van der Waals surface area contributed by atoms with Crippen LogP contribution >= 0.6 is 0 Å². The summed E-state index contributed by atoms with van der Waals surface area (Å²) in [6.45, 7) is 0. The van der Waals surface area contributed by atoms with Gasteiger partial charge in [0.05, 0.1) is 0 Å². The second-order valence-electron chi connectivity index (χ2n) is 1.53. The minimum absolute atomic E-state index is 0.178. The molecule has 0 spiro atoms. The van der Waals surface area contributed by atoms with Crippen molar-refractivity contribution in [3.63, 3.8) is 0 Å². The number of nitrogen functional groups attached to an aromatic ring is 2. The average molecular weight is 197 g/mol. The molecule has 0 radical (unpaired) electrons. The molecule has 10 heteroatoms. The van der Waals surface area contributed by atoms with Crippen LogP contribution in [0.5, 0.6) is 0 Å². The highest BCUT2D eigenvalue weighted by Crippen LogP contribution is 1.89. The quantitative estimate of drug-likeness (QED) is 0.307. The van der Waals surface area contributed by atoms with Gasteiger partial charge in [0.15, 0.2) is 0 Å². The number of H-pyrrole nitrogens is 1. The summed E-state index contributed by atoms with van der Waals surface area (Å²) in [6.07, 6.45) is 0. The molecule has 12 heavy (non-hydrogen) atoms. The molecule has 0 aliphatic carbocycles. The molecule has 0 saturated heterocycles. The van der Waals surface area contributed by atoms with Crippen LogP contribution in [0.3, 0.4) is 0 Å². The lowest BCUT2D eigenvalue weighted by Crippen LogP contribution is -1.89. The first kappa shape index (κ1) is 10.6. The van der Waals surface area contributed by atoms with Crippen LogP contribution in [-0.2, 0) is 10.4 Å². The van der Waals surface area contributed by atoms with Crippen LogP contribution in [0.25, 0.3) is 0 Å². The Balaban J connectivity index is 0.000000217. The molecule has 0 atom stereocenters. The first-order valence-corrected chi connectivity index (χ1v) is 3.82. The summed E-state index contributed by atoms with van der Waals surface area (Å²) in [5.41, 5.74) is 10.1. The van der Waals surface area contributed by atoms with Crippen LogP contribution in [-0.4, -0.2) is 32.7 Å². The Hall–Kier alpha value is -1.39. The predicted octanol–water partition coefficient (Wildman–Crippen LogP) is -1.68. The monoisotopic (exact) mass is 197 g/mol. The van der Waals surface area contributed by atoms with Crippen LogP contribution in [0.4, 0.5) is 11.9 Å². The molecule has 0 unspecified atom stereocenters. The second kappa shape index (κ2) is 3.85. The maximum atomic E-state index is 8.74. The summed E-state index contributed by atoms with van der Waals surface area (Å²) >= 11 is 0. The van der Waals surface area contributed by atoms with Crippen LogP contribution < -0.4 is 11.5 Å². The van der Waals surface area contributed by atoms with Gasteiger partial charge in [0.1, 0.15) is 0 Å². The van der Waals surface area contributed by atoms with Gasteiger partial charge >= 0.3 is 10.4 Å². The smallest absolute Gasteiger partial charge is 0.368 e. The van der Waals surface area contributed by atoms with Crippen molar-refractivity contribution in [2.45, 2.75) is 0 Å². The van der Waals surface area contributed by atoms with Crippen molar-refractivity contribution in [2.75, 3.05) is 11.5 Å². The Morgan fingerprint density at radius 2 is 1.75 bits per heavy atom. The summed E-state index contributed by atoms with van der Waals surface area (Å²) in [5, 5.41) is 5.79. The van der Waals surface area contributed by atoms with Gasteiger partial charge in [0, 0.05) is 0 Å². The molecule has 1 aromatic rings. The van der Waals surface area contributed by atoms with Crippen molar-refractivity contribution in [3.8, 4) is 0 Å². The lowest BCUT2D eigenvalue weighted by atomic mass is 11.0. The Morgan fingerprint density at radius 1 is 1.33 bits per heavy atom. The summed E-state index contributed by atoms with van der Waals surface area (Å²) in [7, 11) is -4.67. The third-order valence-electron chi connectivity index (χ3n) is 0.520. The van der Waals surface area contributed by atoms with Gasteiger partial charge in [-0.05, 0) is 0 Å². The molecule has 9 nitrogen and oxygen atoms in total. The molecule has 0 amide bonds. The van der Waals surface area contributed by atoms with Gasteiger partial charge in [0.2, 0.25) is 11.9 Å². The Morgan fingerprint density at radius 3 is 1.83 bits per heavy atom. The number of aromatic nitrogens is 3. The number of hydrogen-bond donors (Lipinski definition) is 5. The van der Waals surface area contributed by atoms with Crippen molar-refractivity contribution in [2.24, 2.45) is 0 Å². The van der Waals surface area contributed by atoms with Crippen molar-refractivity contribution in [1.82, 2.24) is 15.2 Å². The predicted molar refractivity (Wildman–Crippen MR) is 39.4 cm³/mol. The summed E-state index contributed by atoms with van der Waals surface area (Å²) in [5.74, 6) is 0.426. The number of rotatable bonds is 0. The van der Waals surface area contributed by atoms with E-state index in [2.05, 4.69) is 15.2 Å². The van der Waals surface area contributed by atoms with E-state index in [0.29, 0.717) is 0 Å². The van der Waals surface area contributed by atoms with E-state index in [9.17, 15) is 0 Å². The third-order valence-corrected chi connectivity index (χ3v) is 0.520. The first-order valence-electron chi connectivity index (χ1n) is 2.42. The molecule has 1 heterocycles. The summed E-state index contributed by atoms with van der Waals surface area (Å²) < 4.78 is 31.6. The van der Waals surface area contributed by atoms with Gasteiger partial charge in [-0.1, -0.05) is 0 Å². The lowest BCUT2D eigenvalue weighted by Gasteiger charge is -1.69. The van der Waals surface area contributed by atoms with E-state index in [4.69, 9.17) is 29.0 Å². The van der Waals surface area contributed by atoms with E-state index in [1.54, 1.807) is 0 Å². The largest absolute Gasteiger partial charge is 0.394 e. The average Bonchev–Trinajstić information content (AvgIpc) is 2.09. The van der Waals surface area contributed by atoms with Crippen LogP contribution in [0.15, 0.2) is 0 Å². The van der Waals surface area contributed by atoms with Crippen molar-refractivity contribution in [1.29, 1.82) is 0 Å². The molecule has 0 saturated carbocycles. The first-order chi connectivity index (χ1) is 5.29. The summed E-state index contributed by atoms with van der Waals surface area (Å²) in [6, 6.07) is 0. The zero-order valence-corrected chi connectivity index (χ0v) is 6.48. The van der Waals surface area contributed by atoms with Gasteiger partial charge in [-0.3, -0.25) is 9.11 Å². The van der Waals surface area contributed by atoms with E-state index in [1.807, 2.05) is 0 Å². The number of nitrogens with two attached hydrogens (primary N) is 2. The summed E-state index contributed by atoms with van der Waals surface area (Å²) in [4.78, 5) is 3.50. The molecule has 1 aromatic heterocycles. The molecule has 70 valence electrons. The second-order valence-corrected chi connectivity index (χ2v) is 2.42. The van der Waals surface area contributed by atoms with Gasteiger partial charge in [-0.15, -0.1) is 5.10 Å². The van der Waals surface area contributed by atoms with Crippen LogP contribution in [0, 0.1) is 0 Å². The molecular formula is C2H7N5O4S. The van der Waals surface area contributed by atoms with Crippen LogP contribution in [0.1, 0.15) is 0 Å². The number of nitrogens with zero attached hydrogens (tertiary/aromatic N) is 2. The Kier molecular flexibility index (Phi) is 3.40. The standard InChI is InChI=1S/C2H5N5.H2O4S/c3-1-5-2(4)7-6-1;1-5(2,3)4/h(H5,3,4,5,6,7);(H2,1,2,3,4). The van der Waals surface area contributed by atoms with Gasteiger partial charge in [0.25, 0.3) is 0 Å². The molecule has 0 bridgehead atoms. The minimum Gasteiger partial charge on any atom is -0.368 e. The Labute approximate surface area is 67.4 Å². The van der Waals surface area contributed by atoms with E-state index in [0.717, 1.165) is 0 Å². The number of anilines is 2. The maximum absolute atomic E-state index is 8.74. The van der Waals surface area contributed by atoms with Gasteiger partial charge in [-0.25, -0.2) is 5.10 Å². The van der Waals surface area contributed by atoms with Gasteiger partial charge < -0.3 is 11.5 Å². The zero-order chi connectivity index (χ0) is 9.78. The fourth-order valence-electron chi connectivity index (χ4n) is 0.288. The molecule has 0 aliphatic heterocycles. The maximum Gasteiger partial charge on any atom is 0.394 e. The van der Waals surface area contributed by atoms with E-state index in [-0.39, 0.29) is 11.9 Å². The minimum atomic E-state index is -4.67. The van der Waals surface area contributed by atoms with Gasteiger partial charge in [-0.2, -0.15) is 13.4 Å². The Bertz CT molecular complexity index is 304. The fourth-order valence-corrected chi connectivity index (χ4v) is 0.288.